The topological polar surface area (TPSA) is 43.3 Å². The van der Waals surface area contributed by atoms with E-state index in [4.69, 9.17) is 4.84 Å². The number of hydroxylamine groups is 1. The van der Waals surface area contributed by atoms with Gasteiger partial charge in [-0.05, 0) is 58.5 Å². The highest BCUT2D eigenvalue weighted by Crippen LogP contribution is 2.15. The summed E-state index contributed by atoms with van der Waals surface area (Å²) in [5, 5.41) is 0. The molecule has 0 saturated carbocycles. The maximum atomic E-state index is 12.3. The largest absolute Gasteiger partial charge is 0.312 e. The summed E-state index contributed by atoms with van der Waals surface area (Å²) in [5.41, 5.74) is 4.97. The second-order valence-electron chi connectivity index (χ2n) is 4.95. The van der Waals surface area contributed by atoms with E-state index in [1.165, 1.54) is 0 Å². The number of carbonyl (C=O) groups excluding carboxylic acids is 1. The normalized spacial score (nSPS) is 10.5. The van der Waals surface area contributed by atoms with E-state index in [-0.39, 0.29) is 5.91 Å². The van der Waals surface area contributed by atoms with E-state index >= 15 is 0 Å². The van der Waals surface area contributed by atoms with Crippen LogP contribution in [0.3, 0.4) is 0 Å². The van der Waals surface area contributed by atoms with Gasteiger partial charge >= 0.3 is 0 Å². The van der Waals surface area contributed by atoms with Crippen molar-refractivity contribution in [3.63, 3.8) is 0 Å². The van der Waals surface area contributed by atoms with Gasteiger partial charge in [0.25, 0.3) is 5.91 Å². The first kappa shape index (κ1) is 15.8. The number of halogens is 1. The van der Waals surface area contributed by atoms with Crippen LogP contribution in [0.15, 0.2) is 72.9 Å². The molecule has 2 aromatic carbocycles. The van der Waals surface area contributed by atoms with Crippen LogP contribution in [0.2, 0.25) is 0 Å². The first-order valence-electron chi connectivity index (χ1n) is 7.13. The predicted molar refractivity (Wildman–Crippen MR) is 97.2 cm³/mol. The average molecular weight is 418 g/mol. The Morgan fingerprint density at radius 1 is 1.04 bits per heavy atom. The van der Waals surface area contributed by atoms with Gasteiger partial charge in [0.2, 0.25) is 0 Å². The van der Waals surface area contributed by atoms with Crippen LogP contribution in [0.1, 0.15) is 16.1 Å². The molecule has 3 rings (SSSR count). The molecule has 23 heavy (non-hydrogen) atoms. The third-order valence-electron chi connectivity index (χ3n) is 3.31. The van der Waals surface area contributed by atoms with Gasteiger partial charge in [-0.1, -0.05) is 36.4 Å². The van der Waals surface area contributed by atoms with Crippen molar-refractivity contribution in [3.8, 4) is 5.69 Å². The van der Waals surface area contributed by atoms with Crippen molar-refractivity contribution in [3.05, 3.63) is 87.8 Å². The SMILES string of the molecule is O=C(NOCc1ccccc1)c1cccn1-c1cccc(I)c1. The minimum Gasteiger partial charge on any atom is -0.312 e. The van der Waals surface area contributed by atoms with Gasteiger partial charge < -0.3 is 4.57 Å². The highest BCUT2D eigenvalue weighted by molar-refractivity contribution is 14.1. The van der Waals surface area contributed by atoms with Gasteiger partial charge in [0, 0.05) is 15.5 Å². The lowest BCUT2D eigenvalue weighted by atomic mass is 10.2. The molecule has 4 nitrogen and oxygen atoms in total. The van der Waals surface area contributed by atoms with Crippen LogP contribution in [0.25, 0.3) is 5.69 Å². The molecule has 0 aliphatic rings. The van der Waals surface area contributed by atoms with E-state index in [0.29, 0.717) is 12.3 Å². The molecule has 1 amide bonds. The summed E-state index contributed by atoms with van der Waals surface area (Å²) in [5.74, 6) is -0.273. The smallest absolute Gasteiger partial charge is 0.291 e. The molecule has 0 spiro atoms. The van der Waals surface area contributed by atoms with Crippen molar-refractivity contribution < 1.29 is 9.63 Å². The van der Waals surface area contributed by atoms with Crippen molar-refractivity contribution in [2.24, 2.45) is 0 Å². The molecule has 0 aliphatic heterocycles. The Morgan fingerprint density at radius 3 is 2.65 bits per heavy atom. The van der Waals surface area contributed by atoms with Crippen molar-refractivity contribution in [1.82, 2.24) is 10.0 Å². The van der Waals surface area contributed by atoms with Gasteiger partial charge in [-0.25, -0.2) is 5.48 Å². The number of hydrogen-bond acceptors (Lipinski definition) is 2. The number of benzene rings is 2. The van der Waals surface area contributed by atoms with E-state index in [1.807, 2.05) is 71.4 Å². The lowest BCUT2D eigenvalue weighted by molar-refractivity contribution is 0.0228. The van der Waals surface area contributed by atoms with Crippen LogP contribution in [0, 0.1) is 3.57 Å². The van der Waals surface area contributed by atoms with Crippen molar-refractivity contribution >= 4 is 28.5 Å². The predicted octanol–water partition coefficient (Wildman–Crippen LogP) is 3.94. The molecular weight excluding hydrogens is 403 g/mol. The van der Waals surface area contributed by atoms with Crippen molar-refractivity contribution in [2.75, 3.05) is 0 Å². The number of nitrogens with zero attached hydrogens (tertiary/aromatic N) is 1. The van der Waals surface area contributed by atoms with Gasteiger partial charge in [-0.3, -0.25) is 9.63 Å². The molecule has 0 bridgehead atoms. The van der Waals surface area contributed by atoms with E-state index < -0.39 is 0 Å². The molecule has 0 unspecified atom stereocenters. The molecule has 116 valence electrons. The minimum absolute atomic E-state index is 0.273. The Bertz CT molecular complexity index is 800. The summed E-state index contributed by atoms with van der Waals surface area (Å²) < 4.78 is 2.95. The third-order valence-corrected chi connectivity index (χ3v) is 3.99. The molecule has 0 fully saturated rings. The fourth-order valence-electron chi connectivity index (χ4n) is 2.23. The maximum Gasteiger partial charge on any atom is 0.291 e. The van der Waals surface area contributed by atoms with Gasteiger partial charge in [0.05, 0.1) is 6.61 Å². The Morgan fingerprint density at radius 2 is 1.87 bits per heavy atom. The highest BCUT2D eigenvalue weighted by atomic mass is 127. The summed E-state index contributed by atoms with van der Waals surface area (Å²) in [7, 11) is 0. The molecule has 0 radical (unpaired) electrons. The molecule has 1 aromatic heterocycles. The second kappa shape index (κ2) is 7.43. The molecular formula is C18H15IN2O2. The minimum atomic E-state index is -0.273. The quantitative estimate of drug-likeness (QED) is 0.504. The van der Waals surface area contributed by atoms with E-state index in [2.05, 4.69) is 28.1 Å². The lowest BCUT2D eigenvalue weighted by Crippen LogP contribution is -2.25. The second-order valence-corrected chi connectivity index (χ2v) is 6.19. The molecule has 0 saturated heterocycles. The Kier molecular flexibility index (Phi) is 5.09. The summed E-state index contributed by atoms with van der Waals surface area (Å²) in [6.07, 6.45) is 1.86. The van der Waals surface area contributed by atoms with Crippen LogP contribution in [-0.2, 0) is 11.4 Å². The molecule has 3 aromatic rings. The monoisotopic (exact) mass is 418 g/mol. The molecule has 0 atom stereocenters. The number of amides is 1. The van der Waals surface area contributed by atoms with Gasteiger partial charge in [0.15, 0.2) is 0 Å². The first-order chi connectivity index (χ1) is 11.2. The molecule has 1 heterocycles. The molecule has 0 aliphatic carbocycles. The number of rotatable bonds is 5. The number of aromatic nitrogens is 1. The fourth-order valence-corrected chi connectivity index (χ4v) is 2.76. The highest BCUT2D eigenvalue weighted by Gasteiger charge is 2.12. The number of nitrogens with one attached hydrogen (secondary N) is 1. The average Bonchev–Trinajstić information content (AvgIpc) is 3.05. The van der Waals surface area contributed by atoms with Crippen molar-refractivity contribution in [1.29, 1.82) is 0 Å². The summed E-state index contributed by atoms with van der Waals surface area (Å²) in [6, 6.07) is 21.3. The van der Waals surface area contributed by atoms with Crippen LogP contribution in [0.4, 0.5) is 0 Å². The van der Waals surface area contributed by atoms with Gasteiger partial charge in [0.1, 0.15) is 5.69 Å². The zero-order valence-corrected chi connectivity index (χ0v) is 14.4. The van der Waals surface area contributed by atoms with Crippen molar-refractivity contribution in [2.45, 2.75) is 6.61 Å². The molecule has 5 heteroatoms. The number of hydrogen-bond donors (Lipinski definition) is 1. The van der Waals surface area contributed by atoms with E-state index in [9.17, 15) is 4.79 Å². The van der Waals surface area contributed by atoms with Crippen LogP contribution in [0.5, 0.6) is 0 Å². The van der Waals surface area contributed by atoms with Crippen LogP contribution in [-0.4, -0.2) is 10.5 Å². The first-order valence-corrected chi connectivity index (χ1v) is 8.21. The summed E-state index contributed by atoms with van der Waals surface area (Å²) >= 11 is 2.25. The van der Waals surface area contributed by atoms with E-state index in [0.717, 1.165) is 14.8 Å². The zero-order chi connectivity index (χ0) is 16.1. The van der Waals surface area contributed by atoms with Crippen LogP contribution >= 0.6 is 22.6 Å². The number of carbonyl (C=O) groups is 1. The van der Waals surface area contributed by atoms with Crippen LogP contribution < -0.4 is 5.48 Å². The molecule has 1 N–H and O–H groups in total. The Hall–Kier alpha value is -2.12. The maximum absolute atomic E-state index is 12.3. The summed E-state index contributed by atoms with van der Waals surface area (Å²) in [4.78, 5) is 17.6. The standard InChI is InChI=1S/C18H15IN2O2/c19-15-8-4-9-16(12-15)21-11-5-10-17(21)18(22)20-23-13-14-6-2-1-3-7-14/h1-12H,13H2,(H,20,22). The summed E-state index contributed by atoms with van der Waals surface area (Å²) in [6.45, 7) is 0.330. The Labute approximate surface area is 148 Å². The van der Waals surface area contributed by atoms with E-state index in [1.54, 1.807) is 6.07 Å². The zero-order valence-electron chi connectivity index (χ0n) is 12.3. The Balaban J connectivity index is 1.68. The van der Waals surface area contributed by atoms with Gasteiger partial charge in [-0.2, -0.15) is 0 Å². The third kappa shape index (κ3) is 4.00. The fraction of sp³-hybridized carbons (Fsp3) is 0.0556. The van der Waals surface area contributed by atoms with Gasteiger partial charge in [-0.15, -0.1) is 0 Å². The lowest BCUT2D eigenvalue weighted by Gasteiger charge is -2.10.